The zero-order valence-electron chi connectivity index (χ0n) is 15.7. The molecule has 0 saturated heterocycles. The molecule has 5 N–H and O–H groups in total. The lowest BCUT2D eigenvalue weighted by Crippen LogP contribution is -2.47. The molecular weight excluding hydrogens is 376 g/mol. The number of benzene rings is 1. The topological polar surface area (TPSA) is 107 Å². The van der Waals surface area contributed by atoms with Crippen LogP contribution in [0.3, 0.4) is 0 Å². The first kappa shape index (κ1) is 20.2. The second kappa shape index (κ2) is 8.22. The molecule has 1 aromatic heterocycles. The van der Waals surface area contributed by atoms with Gasteiger partial charge in [0.15, 0.2) is 0 Å². The van der Waals surface area contributed by atoms with Gasteiger partial charge in [-0.1, -0.05) is 6.58 Å². The molecule has 6 nitrogen and oxygen atoms in total. The zero-order chi connectivity index (χ0) is 21.0. The Hall–Kier alpha value is -3.55. The van der Waals surface area contributed by atoms with Gasteiger partial charge in [0.25, 0.3) is 0 Å². The van der Waals surface area contributed by atoms with Crippen LogP contribution in [0, 0.1) is 5.82 Å². The van der Waals surface area contributed by atoms with Crippen molar-refractivity contribution in [3.05, 3.63) is 78.0 Å². The molecule has 1 aliphatic carbocycles. The Morgan fingerprint density at radius 2 is 2.00 bits per heavy atom. The molecule has 0 spiro atoms. The van der Waals surface area contributed by atoms with E-state index in [2.05, 4.69) is 22.1 Å². The molecule has 3 rings (SSSR count). The summed E-state index contributed by atoms with van der Waals surface area (Å²) in [4.78, 5) is 11.3. The summed E-state index contributed by atoms with van der Waals surface area (Å²) in [6.07, 6.45) is 6.20. The number of carbonyl (C=O) groups excluding carboxylic acids is 1. The van der Waals surface area contributed by atoms with Crippen molar-refractivity contribution in [3.8, 4) is 11.3 Å². The Labute approximate surface area is 167 Å². The number of nitrogens with zero attached hydrogens (tertiary/aromatic N) is 2. The normalized spacial score (nSPS) is 15.7. The number of anilines is 1. The molecule has 1 heterocycles. The van der Waals surface area contributed by atoms with Crippen LogP contribution in [-0.2, 0) is 0 Å². The Balaban J connectivity index is 1.83. The van der Waals surface area contributed by atoms with Crippen molar-refractivity contribution >= 4 is 11.7 Å². The lowest BCUT2D eigenvalue weighted by Gasteiger charge is -2.44. The molecule has 0 aliphatic heterocycles. The van der Waals surface area contributed by atoms with E-state index in [1.165, 1.54) is 30.5 Å². The van der Waals surface area contributed by atoms with Gasteiger partial charge in [-0.25, -0.2) is 8.78 Å². The molecule has 2 aromatic rings. The number of amides is 1. The predicted molar refractivity (Wildman–Crippen MR) is 108 cm³/mol. The molecule has 1 aromatic carbocycles. The SMILES string of the molecule is C=C(/C(F)=C\C=C/N)C1(Nc2ccc(-c3cc(C(N)=O)ccc3F)nn2)CCC1. The predicted octanol–water partition coefficient (Wildman–Crippen LogP) is 3.60. The number of aromatic nitrogens is 2. The third kappa shape index (κ3) is 4.16. The van der Waals surface area contributed by atoms with Crippen LogP contribution in [0.5, 0.6) is 0 Å². The Morgan fingerprint density at radius 3 is 2.55 bits per heavy atom. The second-order valence-corrected chi connectivity index (χ2v) is 6.80. The zero-order valence-corrected chi connectivity index (χ0v) is 15.7. The van der Waals surface area contributed by atoms with Crippen molar-refractivity contribution in [3.63, 3.8) is 0 Å². The number of rotatable bonds is 7. The summed E-state index contributed by atoms with van der Waals surface area (Å²) >= 11 is 0. The third-order valence-corrected chi connectivity index (χ3v) is 4.99. The number of halogens is 2. The molecule has 29 heavy (non-hydrogen) atoms. The molecule has 1 aliphatic rings. The minimum atomic E-state index is -0.664. The second-order valence-electron chi connectivity index (χ2n) is 6.80. The molecule has 0 radical (unpaired) electrons. The summed E-state index contributed by atoms with van der Waals surface area (Å²) in [6, 6.07) is 6.97. The number of carbonyl (C=O) groups is 1. The number of hydrogen-bond acceptors (Lipinski definition) is 5. The number of allylic oxidation sites excluding steroid dienone is 2. The molecule has 1 saturated carbocycles. The average molecular weight is 397 g/mol. The number of nitrogens with two attached hydrogens (primary N) is 2. The van der Waals surface area contributed by atoms with Gasteiger partial charge < -0.3 is 16.8 Å². The van der Waals surface area contributed by atoms with Gasteiger partial charge in [-0.3, -0.25) is 4.79 Å². The number of primary amides is 1. The maximum absolute atomic E-state index is 14.3. The lowest BCUT2D eigenvalue weighted by molar-refractivity contribution is 0.100. The van der Waals surface area contributed by atoms with Crippen LogP contribution < -0.4 is 16.8 Å². The van der Waals surface area contributed by atoms with Crippen molar-refractivity contribution in [1.82, 2.24) is 10.2 Å². The molecule has 0 bridgehead atoms. The Kier molecular flexibility index (Phi) is 5.72. The van der Waals surface area contributed by atoms with E-state index in [-0.39, 0.29) is 16.8 Å². The number of nitrogens with one attached hydrogen (secondary N) is 1. The first-order chi connectivity index (χ1) is 13.9. The number of hydrogen-bond donors (Lipinski definition) is 3. The van der Waals surface area contributed by atoms with E-state index in [1.54, 1.807) is 12.1 Å². The summed E-state index contributed by atoms with van der Waals surface area (Å²) in [5, 5.41) is 11.3. The molecule has 0 atom stereocenters. The fourth-order valence-electron chi connectivity index (χ4n) is 3.16. The Morgan fingerprint density at radius 1 is 1.24 bits per heavy atom. The van der Waals surface area contributed by atoms with E-state index in [1.807, 2.05) is 0 Å². The summed E-state index contributed by atoms with van der Waals surface area (Å²) in [7, 11) is 0. The van der Waals surface area contributed by atoms with Crippen LogP contribution >= 0.6 is 0 Å². The fraction of sp³-hybridized carbons (Fsp3) is 0.190. The smallest absolute Gasteiger partial charge is 0.248 e. The maximum atomic E-state index is 14.3. The van der Waals surface area contributed by atoms with Gasteiger partial charge in [0.05, 0.1) is 11.2 Å². The largest absolute Gasteiger partial charge is 0.405 e. The van der Waals surface area contributed by atoms with E-state index in [9.17, 15) is 13.6 Å². The summed E-state index contributed by atoms with van der Waals surface area (Å²) in [5.74, 6) is -1.27. The molecule has 1 fully saturated rings. The summed E-state index contributed by atoms with van der Waals surface area (Å²) in [6.45, 7) is 3.88. The molecular formula is C21H21F2N5O. The van der Waals surface area contributed by atoms with Gasteiger partial charge in [-0.15, -0.1) is 10.2 Å². The van der Waals surface area contributed by atoms with Crippen LogP contribution in [-0.4, -0.2) is 21.6 Å². The first-order valence-corrected chi connectivity index (χ1v) is 9.02. The molecule has 8 heteroatoms. The monoisotopic (exact) mass is 397 g/mol. The summed E-state index contributed by atoms with van der Waals surface area (Å²) < 4.78 is 28.5. The minimum Gasteiger partial charge on any atom is -0.405 e. The van der Waals surface area contributed by atoms with Crippen LogP contribution in [0.2, 0.25) is 0 Å². The summed E-state index contributed by atoms with van der Waals surface area (Å²) in [5.41, 5.74) is 10.7. The van der Waals surface area contributed by atoms with Gasteiger partial charge >= 0.3 is 0 Å². The van der Waals surface area contributed by atoms with Crippen LogP contribution in [0.1, 0.15) is 29.6 Å². The van der Waals surface area contributed by atoms with Crippen molar-refractivity contribution in [2.75, 3.05) is 5.32 Å². The van der Waals surface area contributed by atoms with E-state index in [4.69, 9.17) is 11.5 Å². The van der Waals surface area contributed by atoms with Crippen LogP contribution in [0.4, 0.5) is 14.6 Å². The highest BCUT2D eigenvalue weighted by molar-refractivity contribution is 5.94. The first-order valence-electron chi connectivity index (χ1n) is 9.02. The van der Waals surface area contributed by atoms with Crippen LogP contribution in [0.15, 0.2) is 66.7 Å². The standard InChI is InChI=1S/C21H21F2N5O/c1-13(16(22)4-2-11-24)21(9-3-10-21)26-19-8-7-18(27-28-19)15-12-14(20(25)29)5-6-17(15)23/h2,4-8,11-12H,1,3,9-10,24H2,(H2,25,29)(H,26,28)/b11-2-,16-4+. The van der Waals surface area contributed by atoms with Crippen molar-refractivity contribution in [2.45, 2.75) is 24.8 Å². The van der Waals surface area contributed by atoms with Gasteiger partial charge in [0.1, 0.15) is 17.5 Å². The molecule has 0 unspecified atom stereocenters. The lowest BCUT2D eigenvalue weighted by atomic mass is 9.71. The van der Waals surface area contributed by atoms with Crippen molar-refractivity contribution in [1.29, 1.82) is 0 Å². The quantitative estimate of drug-likeness (QED) is 0.619. The van der Waals surface area contributed by atoms with E-state index in [0.717, 1.165) is 12.5 Å². The van der Waals surface area contributed by atoms with Gasteiger partial charge in [-0.2, -0.15) is 0 Å². The minimum absolute atomic E-state index is 0.116. The van der Waals surface area contributed by atoms with E-state index < -0.39 is 23.1 Å². The van der Waals surface area contributed by atoms with Gasteiger partial charge in [-0.05, 0) is 67.9 Å². The molecule has 150 valence electrons. The highest BCUT2D eigenvalue weighted by atomic mass is 19.1. The highest BCUT2D eigenvalue weighted by Gasteiger charge is 2.41. The molecule has 1 amide bonds. The average Bonchev–Trinajstić information content (AvgIpc) is 2.69. The Bertz CT molecular complexity index is 995. The third-order valence-electron chi connectivity index (χ3n) is 4.99. The van der Waals surface area contributed by atoms with Crippen molar-refractivity contribution < 1.29 is 13.6 Å². The van der Waals surface area contributed by atoms with E-state index in [0.29, 0.717) is 24.2 Å². The van der Waals surface area contributed by atoms with Crippen molar-refractivity contribution in [2.24, 2.45) is 11.5 Å². The van der Waals surface area contributed by atoms with Gasteiger partial charge in [0, 0.05) is 16.7 Å². The maximum Gasteiger partial charge on any atom is 0.248 e. The van der Waals surface area contributed by atoms with E-state index >= 15 is 0 Å². The fourth-order valence-corrected chi connectivity index (χ4v) is 3.16. The van der Waals surface area contributed by atoms with Gasteiger partial charge in [0.2, 0.25) is 5.91 Å². The highest BCUT2D eigenvalue weighted by Crippen LogP contribution is 2.43. The van der Waals surface area contributed by atoms with Crippen LogP contribution in [0.25, 0.3) is 11.3 Å².